The van der Waals surface area contributed by atoms with Crippen molar-refractivity contribution in [1.82, 2.24) is 5.32 Å². The summed E-state index contributed by atoms with van der Waals surface area (Å²) in [5, 5.41) is 3.46. The van der Waals surface area contributed by atoms with E-state index in [0.29, 0.717) is 0 Å². The van der Waals surface area contributed by atoms with Gasteiger partial charge in [0.1, 0.15) is 0 Å². The second kappa shape index (κ2) is 7.20. The van der Waals surface area contributed by atoms with Gasteiger partial charge in [0.25, 0.3) is 0 Å². The van der Waals surface area contributed by atoms with E-state index in [9.17, 15) is 0 Å². The Hall–Kier alpha value is -0.300. The minimum absolute atomic E-state index is 0.144. The number of halogens is 2. The molecule has 1 N–H and O–H groups in total. The molecule has 0 spiro atoms. The van der Waals surface area contributed by atoms with Gasteiger partial charge in [-0.25, -0.2) is 0 Å². The number of hydrogen-bond acceptors (Lipinski definition) is 1. The average Bonchev–Trinajstić information content (AvgIpc) is 2.28. The van der Waals surface area contributed by atoms with Crippen molar-refractivity contribution in [3.8, 4) is 12.3 Å². The molecule has 0 heterocycles. The fraction of sp³-hybridized carbons (Fsp3) is 0.429. The molecule has 2 atom stereocenters. The zero-order chi connectivity index (χ0) is 12.8. The molecule has 0 bridgehead atoms. The Morgan fingerprint density at radius 1 is 1.41 bits per heavy atom. The quantitative estimate of drug-likeness (QED) is 0.754. The number of hydrogen-bond donors (Lipinski definition) is 1. The van der Waals surface area contributed by atoms with Gasteiger partial charge in [0.05, 0.1) is 6.04 Å². The molecule has 0 aliphatic carbocycles. The number of terminal acetylenes is 1. The van der Waals surface area contributed by atoms with E-state index >= 15 is 0 Å². The average molecular weight is 359 g/mol. The smallest absolute Gasteiger partial charge is 0.0691 e. The summed E-state index contributed by atoms with van der Waals surface area (Å²) >= 11 is 7.03. The summed E-state index contributed by atoms with van der Waals surface area (Å²) in [6.45, 7) is 4.28. The Bertz CT molecular complexity index is 409. The van der Waals surface area contributed by atoms with Crippen molar-refractivity contribution in [2.75, 3.05) is 0 Å². The first-order valence-electron chi connectivity index (χ1n) is 5.75. The monoisotopic (exact) mass is 357 g/mol. The molecule has 2 unspecified atom stereocenters. The van der Waals surface area contributed by atoms with Gasteiger partial charge in [-0.2, -0.15) is 0 Å². The summed E-state index contributed by atoms with van der Waals surface area (Å²) in [5.74, 6) is 2.80. The molecule has 0 saturated carbocycles. The molecule has 0 aromatic heterocycles. The van der Waals surface area contributed by atoms with E-state index in [4.69, 9.17) is 6.42 Å². The van der Waals surface area contributed by atoms with E-state index in [0.717, 1.165) is 21.8 Å². The van der Waals surface area contributed by atoms with Crippen LogP contribution in [0.4, 0.5) is 0 Å². The van der Waals surface area contributed by atoms with E-state index in [1.165, 1.54) is 5.56 Å². The van der Waals surface area contributed by atoms with Crippen LogP contribution in [-0.2, 0) is 0 Å². The maximum Gasteiger partial charge on any atom is 0.0691 e. The lowest BCUT2D eigenvalue weighted by Crippen LogP contribution is -2.30. The van der Waals surface area contributed by atoms with Crippen LogP contribution in [0.3, 0.4) is 0 Å². The standard InChI is InChI=1S/C14H17Br2N/c1-4-6-12(5-2)17-10(3)13-8-7-11(15)9-14(13)16/h2,7-10,12,17H,4,6H2,1,3H3. The third-order valence-electron chi connectivity index (χ3n) is 2.66. The molecule has 1 aromatic carbocycles. The highest BCUT2D eigenvalue weighted by Crippen LogP contribution is 2.27. The lowest BCUT2D eigenvalue weighted by Gasteiger charge is -2.20. The first-order chi connectivity index (χ1) is 8.08. The molecule has 17 heavy (non-hydrogen) atoms. The summed E-state index contributed by atoms with van der Waals surface area (Å²) in [5.41, 5.74) is 1.23. The van der Waals surface area contributed by atoms with Crippen molar-refractivity contribution < 1.29 is 0 Å². The summed E-state index contributed by atoms with van der Waals surface area (Å²) in [4.78, 5) is 0. The summed E-state index contributed by atoms with van der Waals surface area (Å²) < 4.78 is 2.17. The van der Waals surface area contributed by atoms with Crippen molar-refractivity contribution in [2.24, 2.45) is 0 Å². The summed E-state index contributed by atoms with van der Waals surface area (Å²) in [6, 6.07) is 6.59. The van der Waals surface area contributed by atoms with Crippen molar-refractivity contribution in [1.29, 1.82) is 0 Å². The first-order valence-corrected chi connectivity index (χ1v) is 7.34. The van der Waals surface area contributed by atoms with Gasteiger partial charge in [0.15, 0.2) is 0 Å². The zero-order valence-electron chi connectivity index (χ0n) is 10.1. The molecular weight excluding hydrogens is 342 g/mol. The molecule has 0 radical (unpaired) electrons. The highest BCUT2D eigenvalue weighted by Gasteiger charge is 2.13. The van der Waals surface area contributed by atoms with E-state index < -0.39 is 0 Å². The first kappa shape index (κ1) is 14.8. The molecule has 1 nitrogen and oxygen atoms in total. The van der Waals surface area contributed by atoms with Crippen molar-refractivity contribution in [3.05, 3.63) is 32.7 Å². The van der Waals surface area contributed by atoms with E-state index in [1.54, 1.807) is 0 Å². The molecule has 0 amide bonds. The van der Waals surface area contributed by atoms with Gasteiger partial charge in [-0.1, -0.05) is 57.2 Å². The van der Waals surface area contributed by atoms with Gasteiger partial charge in [0.2, 0.25) is 0 Å². The number of nitrogens with one attached hydrogen (secondary N) is 1. The largest absolute Gasteiger partial charge is 0.297 e. The SMILES string of the molecule is C#CC(CCC)NC(C)c1ccc(Br)cc1Br. The molecule has 92 valence electrons. The third-order valence-corrected chi connectivity index (χ3v) is 3.84. The lowest BCUT2D eigenvalue weighted by atomic mass is 10.1. The van der Waals surface area contributed by atoms with E-state index in [2.05, 4.69) is 69.1 Å². The zero-order valence-corrected chi connectivity index (χ0v) is 13.3. The van der Waals surface area contributed by atoms with Gasteiger partial charge in [-0.05, 0) is 31.0 Å². The lowest BCUT2D eigenvalue weighted by molar-refractivity contribution is 0.494. The molecule has 3 heteroatoms. The second-order valence-electron chi connectivity index (χ2n) is 4.06. The van der Waals surface area contributed by atoms with Crippen LogP contribution in [0, 0.1) is 12.3 Å². The van der Waals surface area contributed by atoms with Crippen LogP contribution in [0.2, 0.25) is 0 Å². The molecule has 0 aliphatic rings. The minimum Gasteiger partial charge on any atom is -0.297 e. The van der Waals surface area contributed by atoms with Crippen LogP contribution in [0.15, 0.2) is 27.1 Å². The molecule has 1 rings (SSSR count). The Balaban J connectivity index is 2.75. The van der Waals surface area contributed by atoms with Crippen LogP contribution in [0.1, 0.15) is 38.3 Å². The van der Waals surface area contributed by atoms with Crippen LogP contribution < -0.4 is 5.32 Å². The van der Waals surface area contributed by atoms with E-state index in [-0.39, 0.29) is 12.1 Å². The molecular formula is C14H17Br2N. The predicted molar refractivity (Wildman–Crippen MR) is 80.9 cm³/mol. The Kier molecular flexibility index (Phi) is 6.26. The van der Waals surface area contributed by atoms with Crippen molar-refractivity contribution in [2.45, 2.75) is 38.8 Å². The van der Waals surface area contributed by atoms with Gasteiger partial charge in [-0.3, -0.25) is 5.32 Å². The summed E-state index contributed by atoms with van der Waals surface area (Å²) in [6.07, 6.45) is 7.62. The minimum atomic E-state index is 0.144. The summed E-state index contributed by atoms with van der Waals surface area (Å²) in [7, 11) is 0. The van der Waals surface area contributed by atoms with Gasteiger partial charge in [-0.15, -0.1) is 6.42 Å². The number of rotatable bonds is 5. The van der Waals surface area contributed by atoms with Crippen LogP contribution in [0.5, 0.6) is 0 Å². The van der Waals surface area contributed by atoms with Gasteiger partial charge < -0.3 is 0 Å². The fourth-order valence-electron chi connectivity index (χ4n) is 1.75. The van der Waals surface area contributed by atoms with Crippen molar-refractivity contribution in [3.63, 3.8) is 0 Å². The van der Waals surface area contributed by atoms with Gasteiger partial charge >= 0.3 is 0 Å². The van der Waals surface area contributed by atoms with E-state index in [1.807, 2.05) is 6.07 Å². The van der Waals surface area contributed by atoms with Crippen LogP contribution in [-0.4, -0.2) is 6.04 Å². The Labute approximate surface area is 121 Å². The van der Waals surface area contributed by atoms with Crippen molar-refractivity contribution >= 4 is 31.9 Å². The molecule has 0 aliphatic heterocycles. The third kappa shape index (κ3) is 4.46. The highest BCUT2D eigenvalue weighted by atomic mass is 79.9. The molecule has 0 fully saturated rings. The maximum absolute atomic E-state index is 5.52. The predicted octanol–water partition coefficient (Wildman–Crippen LogP) is 4.66. The Morgan fingerprint density at radius 2 is 2.12 bits per heavy atom. The Morgan fingerprint density at radius 3 is 2.65 bits per heavy atom. The molecule has 1 aromatic rings. The van der Waals surface area contributed by atoms with Crippen LogP contribution >= 0.6 is 31.9 Å². The van der Waals surface area contributed by atoms with Gasteiger partial charge in [0, 0.05) is 15.0 Å². The number of benzene rings is 1. The highest BCUT2D eigenvalue weighted by molar-refractivity contribution is 9.11. The van der Waals surface area contributed by atoms with Crippen LogP contribution in [0.25, 0.3) is 0 Å². The molecule has 0 saturated heterocycles. The topological polar surface area (TPSA) is 12.0 Å². The fourth-order valence-corrected chi connectivity index (χ4v) is 3.14. The normalized spacial score (nSPS) is 14.1. The second-order valence-corrected chi connectivity index (χ2v) is 5.83. The maximum atomic E-state index is 5.52.